The van der Waals surface area contributed by atoms with Gasteiger partial charge in [-0.15, -0.1) is 0 Å². The standard InChI is InChI=1S/C32H40N6O4/c1-9-38-26-11-10-23(16-27(26)34(7)30(40)32(5,6)31(38)41)18-36(19-24-14-21(3)33-35(24)8)12-13-37-17-20(2)28-25(29(37)39)15-22(4)42-28/h10-11,14-17H,9,12-13,18-19H2,1-8H3. The topological polar surface area (TPSA) is 96.8 Å². The molecular weight excluding hydrogens is 532 g/mol. The van der Waals surface area contributed by atoms with E-state index in [2.05, 4.69) is 16.1 Å². The first-order chi connectivity index (χ1) is 19.8. The summed E-state index contributed by atoms with van der Waals surface area (Å²) in [6.45, 7) is 13.8. The van der Waals surface area contributed by atoms with E-state index >= 15 is 0 Å². The highest BCUT2D eigenvalue weighted by Gasteiger charge is 2.45. The molecule has 0 atom stereocenters. The van der Waals surface area contributed by atoms with Crippen molar-refractivity contribution in [3.8, 4) is 0 Å². The van der Waals surface area contributed by atoms with Crippen LogP contribution in [0.2, 0.25) is 0 Å². The second kappa shape index (κ2) is 10.9. The van der Waals surface area contributed by atoms with Crippen molar-refractivity contribution in [3.63, 3.8) is 0 Å². The quantitative estimate of drug-likeness (QED) is 0.292. The second-order valence-corrected chi connectivity index (χ2v) is 11.9. The normalized spacial score (nSPS) is 15.2. The molecule has 42 heavy (non-hydrogen) atoms. The lowest BCUT2D eigenvalue weighted by Crippen LogP contribution is -2.47. The van der Waals surface area contributed by atoms with Gasteiger partial charge in [-0.2, -0.15) is 5.10 Å². The van der Waals surface area contributed by atoms with E-state index in [1.54, 1.807) is 41.3 Å². The number of hydrogen-bond donors (Lipinski definition) is 0. The van der Waals surface area contributed by atoms with E-state index in [1.165, 1.54) is 0 Å². The molecule has 0 fully saturated rings. The number of carbonyl (C=O) groups is 2. The number of fused-ring (bicyclic) bond motifs is 2. The first-order valence-electron chi connectivity index (χ1n) is 14.4. The van der Waals surface area contributed by atoms with Crippen LogP contribution in [0.1, 0.15) is 49.0 Å². The molecule has 0 N–H and O–H groups in total. The van der Waals surface area contributed by atoms with Crippen LogP contribution in [0, 0.1) is 26.2 Å². The minimum Gasteiger partial charge on any atom is -0.461 e. The molecule has 10 heteroatoms. The van der Waals surface area contributed by atoms with Crippen molar-refractivity contribution >= 4 is 34.2 Å². The number of rotatable bonds is 8. The number of carbonyl (C=O) groups excluding carboxylic acids is 2. The second-order valence-electron chi connectivity index (χ2n) is 11.9. The fraction of sp³-hybridized carbons (Fsp3) is 0.438. The molecule has 0 saturated carbocycles. The summed E-state index contributed by atoms with van der Waals surface area (Å²) in [4.78, 5) is 45.5. The number of benzene rings is 1. The summed E-state index contributed by atoms with van der Waals surface area (Å²) in [5, 5.41) is 5.11. The van der Waals surface area contributed by atoms with Gasteiger partial charge in [-0.1, -0.05) is 6.07 Å². The highest BCUT2D eigenvalue weighted by molar-refractivity contribution is 6.19. The zero-order valence-corrected chi connectivity index (χ0v) is 25.8. The Morgan fingerprint density at radius 3 is 2.36 bits per heavy atom. The van der Waals surface area contributed by atoms with Crippen molar-refractivity contribution in [1.29, 1.82) is 0 Å². The molecule has 5 rings (SSSR count). The Morgan fingerprint density at radius 1 is 0.952 bits per heavy atom. The van der Waals surface area contributed by atoms with E-state index in [-0.39, 0.29) is 17.4 Å². The van der Waals surface area contributed by atoms with Crippen LogP contribution in [0.25, 0.3) is 11.0 Å². The average Bonchev–Trinajstić information content (AvgIpc) is 3.49. The number of pyridine rings is 1. The SMILES string of the molecule is CCN1C(=O)C(C)(C)C(=O)N(C)c2cc(CN(CCn3cc(C)c4oc(C)cc4c3=O)Cc3cc(C)nn3C)ccc21. The Hall–Kier alpha value is -4.18. The Balaban J connectivity index is 1.48. The molecule has 1 aliphatic heterocycles. The number of aryl methyl sites for hydroxylation is 4. The number of anilines is 2. The van der Waals surface area contributed by atoms with Crippen LogP contribution < -0.4 is 15.4 Å². The Bertz CT molecular complexity index is 1740. The van der Waals surface area contributed by atoms with Gasteiger partial charge in [0.2, 0.25) is 11.8 Å². The molecule has 0 radical (unpaired) electrons. The summed E-state index contributed by atoms with van der Waals surface area (Å²) in [6, 6.07) is 9.83. The number of aromatic nitrogens is 3. The third-order valence-corrected chi connectivity index (χ3v) is 8.23. The minimum atomic E-state index is -1.16. The van der Waals surface area contributed by atoms with E-state index in [0.29, 0.717) is 49.4 Å². The van der Waals surface area contributed by atoms with Crippen molar-refractivity contribution in [3.05, 3.63) is 75.2 Å². The van der Waals surface area contributed by atoms with Gasteiger partial charge in [0.25, 0.3) is 5.56 Å². The van der Waals surface area contributed by atoms with Crippen molar-refractivity contribution in [1.82, 2.24) is 19.2 Å². The molecule has 0 bridgehead atoms. The van der Waals surface area contributed by atoms with Gasteiger partial charge in [0.1, 0.15) is 16.8 Å². The first-order valence-corrected chi connectivity index (χ1v) is 14.4. The fourth-order valence-corrected chi connectivity index (χ4v) is 5.95. The predicted octanol–water partition coefficient (Wildman–Crippen LogP) is 4.31. The van der Waals surface area contributed by atoms with Crippen molar-refractivity contribution in [2.24, 2.45) is 12.5 Å². The monoisotopic (exact) mass is 572 g/mol. The molecule has 3 aromatic heterocycles. The fourth-order valence-electron chi connectivity index (χ4n) is 5.95. The van der Waals surface area contributed by atoms with Gasteiger partial charge in [-0.3, -0.25) is 24.0 Å². The van der Waals surface area contributed by atoms with Crippen LogP contribution in [0.3, 0.4) is 0 Å². The Morgan fingerprint density at radius 2 is 1.69 bits per heavy atom. The highest BCUT2D eigenvalue weighted by atomic mass is 16.3. The molecule has 1 aliphatic rings. The van der Waals surface area contributed by atoms with E-state index in [4.69, 9.17) is 4.42 Å². The van der Waals surface area contributed by atoms with Crippen LogP contribution >= 0.6 is 0 Å². The maximum Gasteiger partial charge on any atom is 0.261 e. The smallest absolute Gasteiger partial charge is 0.261 e. The summed E-state index contributed by atoms with van der Waals surface area (Å²) < 4.78 is 9.39. The van der Waals surface area contributed by atoms with Crippen molar-refractivity contribution in [2.45, 2.75) is 61.2 Å². The van der Waals surface area contributed by atoms with Crippen LogP contribution in [-0.4, -0.2) is 51.2 Å². The van der Waals surface area contributed by atoms with Gasteiger partial charge in [-0.05, 0) is 71.4 Å². The van der Waals surface area contributed by atoms with Gasteiger partial charge in [0, 0.05) is 58.6 Å². The van der Waals surface area contributed by atoms with Crippen LogP contribution in [0.15, 0.2) is 45.7 Å². The molecule has 222 valence electrons. The third kappa shape index (κ3) is 5.15. The molecule has 1 aromatic carbocycles. The van der Waals surface area contributed by atoms with Gasteiger partial charge < -0.3 is 18.8 Å². The Labute approximate surface area is 246 Å². The minimum absolute atomic E-state index is 0.0686. The number of furan rings is 1. The number of nitrogens with zero attached hydrogens (tertiary/aromatic N) is 6. The number of hydrogen-bond acceptors (Lipinski definition) is 6. The zero-order valence-electron chi connectivity index (χ0n) is 25.8. The molecule has 0 spiro atoms. The largest absolute Gasteiger partial charge is 0.461 e. The van der Waals surface area contributed by atoms with Gasteiger partial charge in [0.05, 0.1) is 28.1 Å². The summed E-state index contributed by atoms with van der Waals surface area (Å²) >= 11 is 0. The number of amides is 2. The van der Waals surface area contributed by atoms with Crippen molar-refractivity contribution in [2.75, 3.05) is 29.9 Å². The van der Waals surface area contributed by atoms with Crippen LogP contribution in [0.4, 0.5) is 11.4 Å². The lowest BCUT2D eigenvalue weighted by molar-refractivity contribution is -0.137. The van der Waals surface area contributed by atoms with Crippen molar-refractivity contribution < 1.29 is 14.0 Å². The van der Waals surface area contributed by atoms with Gasteiger partial charge >= 0.3 is 0 Å². The molecule has 0 unspecified atom stereocenters. The first kappa shape index (κ1) is 29.3. The Kier molecular flexibility index (Phi) is 7.61. The molecule has 4 heterocycles. The summed E-state index contributed by atoms with van der Waals surface area (Å²) in [6.07, 6.45) is 1.86. The van der Waals surface area contributed by atoms with Crippen LogP contribution in [0.5, 0.6) is 0 Å². The molecule has 10 nitrogen and oxygen atoms in total. The molecule has 0 aliphatic carbocycles. The van der Waals surface area contributed by atoms with E-state index < -0.39 is 5.41 Å². The predicted molar refractivity (Wildman–Crippen MR) is 164 cm³/mol. The molecule has 4 aromatic rings. The van der Waals surface area contributed by atoms with Gasteiger partial charge in [-0.25, -0.2) is 0 Å². The summed E-state index contributed by atoms with van der Waals surface area (Å²) in [5.74, 6) is 0.283. The van der Waals surface area contributed by atoms with Crippen LogP contribution in [-0.2, 0) is 36.3 Å². The molecular formula is C32H40N6O4. The summed E-state index contributed by atoms with van der Waals surface area (Å²) in [5.41, 5.74) is 4.77. The summed E-state index contributed by atoms with van der Waals surface area (Å²) in [7, 11) is 3.67. The zero-order chi connectivity index (χ0) is 30.5. The van der Waals surface area contributed by atoms with E-state index in [1.807, 2.05) is 63.8 Å². The third-order valence-electron chi connectivity index (χ3n) is 8.23. The molecule has 2 amide bonds. The van der Waals surface area contributed by atoms with Gasteiger partial charge in [0.15, 0.2) is 0 Å². The lowest BCUT2D eigenvalue weighted by Gasteiger charge is -2.27. The van der Waals surface area contributed by atoms with E-state index in [0.717, 1.165) is 34.0 Å². The average molecular weight is 573 g/mol. The van der Waals surface area contributed by atoms with E-state index in [9.17, 15) is 14.4 Å². The maximum absolute atomic E-state index is 13.3. The maximum atomic E-state index is 13.3. The highest BCUT2D eigenvalue weighted by Crippen LogP contribution is 2.39. The molecule has 0 saturated heterocycles. The lowest BCUT2D eigenvalue weighted by atomic mass is 9.90.